The van der Waals surface area contributed by atoms with Gasteiger partial charge in [0.1, 0.15) is 0 Å². The van der Waals surface area contributed by atoms with Gasteiger partial charge in [0.05, 0.1) is 0 Å². The molecule has 42 valence electrons. The van der Waals surface area contributed by atoms with Gasteiger partial charge in [-0.3, -0.25) is 4.79 Å². The zero-order valence-corrected chi connectivity index (χ0v) is 4.94. The van der Waals surface area contributed by atoms with Crippen molar-refractivity contribution in [1.82, 2.24) is 0 Å². The average Bonchev–Trinajstić information content (AvgIpc) is 1.27. The number of hydrogen-bond donors (Lipinski definition) is 2. The van der Waals surface area contributed by atoms with Gasteiger partial charge in [-0.1, -0.05) is 0 Å². The van der Waals surface area contributed by atoms with Gasteiger partial charge in [0.25, 0.3) is 5.97 Å². The van der Waals surface area contributed by atoms with Crippen molar-refractivity contribution in [2.75, 3.05) is 0 Å². The first-order valence-corrected chi connectivity index (χ1v) is 3.16. The van der Waals surface area contributed by atoms with Crippen LogP contribution in [0.4, 0.5) is 0 Å². The molecule has 0 amide bonds. The van der Waals surface area contributed by atoms with E-state index in [1.54, 1.807) is 0 Å². The predicted molar refractivity (Wildman–Crippen MR) is 23.4 cm³/mol. The van der Waals surface area contributed by atoms with Crippen molar-refractivity contribution in [3.05, 3.63) is 0 Å². The minimum absolute atomic E-state index is 0.651. The van der Waals surface area contributed by atoms with E-state index in [2.05, 4.69) is 4.43 Å². The van der Waals surface area contributed by atoms with E-state index in [-0.39, 0.29) is 0 Å². The number of hydrogen-bond acceptors (Lipinski definition) is 4. The molecule has 0 aliphatic rings. The van der Waals surface area contributed by atoms with Crippen molar-refractivity contribution in [3.63, 3.8) is 0 Å². The highest BCUT2D eigenvalue weighted by molar-refractivity contribution is 6.35. The van der Waals surface area contributed by atoms with E-state index in [0.717, 1.165) is 6.92 Å². The summed E-state index contributed by atoms with van der Waals surface area (Å²) in [7, 11) is -3.08. The van der Waals surface area contributed by atoms with Gasteiger partial charge in [-0.15, -0.1) is 0 Å². The lowest BCUT2D eigenvalue weighted by molar-refractivity contribution is -0.134. The molecule has 0 saturated heterocycles. The third-order valence-corrected chi connectivity index (χ3v) is 0.814. The second kappa shape index (κ2) is 2.73. The van der Waals surface area contributed by atoms with Gasteiger partial charge >= 0.3 is 9.53 Å². The molecule has 0 aliphatic heterocycles. The molecule has 0 spiro atoms. The van der Waals surface area contributed by atoms with Crippen LogP contribution in [-0.2, 0) is 9.22 Å². The van der Waals surface area contributed by atoms with Gasteiger partial charge in [-0.25, -0.2) is 0 Å². The highest BCUT2D eigenvalue weighted by atomic mass is 28.3. The van der Waals surface area contributed by atoms with Crippen molar-refractivity contribution in [2.24, 2.45) is 0 Å². The molecular weight excluding hydrogens is 116 g/mol. The number of carbonyl (C=O) groups excluding carboxylic acids is 1. The minimum atomic E-state index is -3.08. The molecule has 5 heteroatoms. The second-order valence-corrected chi connectivity index (χ2v) is 1.82. The lowest BCUT2D eigenvalue weighted by atomic mass is 10.9. The first-order valence-electron chi connectivity index (χ1n) is 1.66. The van der Waals surface area contributed by atoms with Crippen LogP contribution < -0.4 is 0 Å². The summed E-state index contributed by atoms with van der Waals surface area (Å²) in [5.74, 6) is -0.651. The van der Waals surface area contributed by atoms with Gasteiger partial charge in [-0.05, 0) is 0 Å². The molecule has 0 aromatic carbocycles. The molecule has 0 rings (SSSR count). The minimum Gasteiger partial charge on any atom is -0.476 e. The van der Waals surface area contributed by atoms with Crippen LogP contribution in [0.1, 0.15) is 6.92 Å². The molecule has 4 nitrogen and oxygen atoms in total. The first-order chi connectivity index (χ1) is 3.13. The summed E-state index contributed by atoms with van der Waals surface area (Å²) in [5, 5.41) is 0. The monoisotopic (exact) mass is 122 g/mol. The smallest absolute Gasteiger partial charge is 0.476 e. The third-order valence-electron chi connectivity index (χ3n) is 0.271. The normalized spacial score (nSPS) is 9.14. The standard InChI is InChI=1S/C2H6O4Si/c1-2(3)6-7(4)5/h4-5,7H,1H3. The Labute approximate surface area is 42.3 Å². The number of carbonyl (C=O) groups is 1. The Hall–Kier alpha value is -0.393. The molecule has 7 heavy (non-hydrogen) atoms. The van der Waals surface area contributed by atoms with E-state index in [9.17, 15) is 4.79 Å². The maximum atomic E-state index is 9.75. The number of rotatable bonds is 1. The third kappa shape index (κ3) is 5.61. The second-order valence-electron chi connectivity index (χ2n) is 0.936. The Morgan fingerprint density at radius 3 is 2.14 bits per heavy atom. The SMILES string of the molecule is CC(=O)O[SiH](O)O. The van der Waals surface area contributed by atoms with Crippen LogP contribution >= 0.6 is 0 Å². The zero-order chi connectivity index (χ0) is 5.86. The van der Waals surface area contributed by atoms with Crippen LogP contribution in [-0.4, -0.2) is 25.1 Å². The average molecular weight is 122 g/mol. The topological polar surface area (TPSA) is 66.8 Å². The Morgan fingerprint density at radius 2 is 2.14 bits per heavy atom. The van der Waals surface area contributed by atoms with Gasteiger partial charge in [-0.2, -0.15) is 0 Å². The van der Waals surface area contributed by atoms with Crippen LogP contribution in [0.15, 0.2) is 0 Å². The molecular formula is C2H6O4Si. The van der Waals surface area contributed by atoms with Crippen LogP contribution in [0.5, 0.6) is 0 Å². The van der Waals surface area contributed by atoms with Crippen molar-refractivity contribution in [2.45, 2.75) is 6.92 Å². The molecule has 0 radical (unpaired) electrons. The van der Waals surface area contributed by atoms with Crippen LogP contribution in [0.3, 0.4) is 0 Å². The quantitative estimate of drug-likeness (QED) is 0.405. The van der Waals surface area contributed by atoms with Gasteiger partial charge < -0.3 is 14.0 Å². The molecule has 0 saturated carbocycles. The van der Waals surface area contributed by atoms with Crippen molar-refractivity contribution >= 4 is 15.5 Å². The fourth-order valence-corrected chi connectivity index (χ4v) is 0.445. The maximum absolute atomic E-state index is 9.75. The Bertz CT molecular complexity index is 70.1. The fourth-order valence-electron chi connectivity index (χ4n) is 0.148. The van der Waals surface area contributed by atoms with Crippen LogP contribution in [0.2, 0.25) is 0 Å². The molecule has 0 atom stereocenters. The molecule has 2 N–H and O–H groups in total. The first kappa shape index (κ1) is 6.61. The van der Waals surface area contributed by atoms with Crippen LogP contribution in [0.25, 0.3) is 0 Å². The summed E-state index contributed by atoms with van der Waals surface area (Å²) in [6, 6.07) is 0. The van der Waals surface area contributed by atoms with E-state index in [0.29, 0.717) is 0 Å². The summed E-state index contributed by atoms with van der Waals surface area (Å²) in [6.45, 7) is 1.12. The van der Waals surface area contributed by atoms with Crippen molar-refractivity contribution < 1.29 is 18.8 Å². The molecule has 0 fully saturated rings. The van der Waals surface area contributed by atoms with Gasteiger partial charge in [0.15, 0.2) is 0 Å². The summed E-state index contributed by atoms with van der Waals surface area (Å²) in [5.41, 5.74) is 0. The Kier molecular flexibility index (Phi) is 2.57. The lowest BCUT2D eigenvalue weighted by Crippen LogP contribution is -2.19. The molecule has 0 heterocycles. The van der Waals surface area contributed by atoms with E-state index < -0.39 is 15.5 Å². The molecule has 0 unspecified atom stereocenters. The summed E-state index contributed by atoms with van der Waals surface area (Å²) >= 11 is 0. The molecule has 0 bridgehead atoms. The molecule has 0 aliphatic carbocycles. The fraction of sp³-hybridized carbons (Fsp3) is 0.500. The summed E-state index contributed by atoms with van der Waals surface area (Å²) in [4.78, 5) is 25.7. The summed E-state index contributed by atoms with van der Waals surface area (Å²) < 4.78 is 3.86. The van der Waals surface area contributed by atoms with Gasteiger partial charge in [0, 0.05) is 6.92 Å². The maximum Gasteiger partial charge on any atom is 0.545 e. The Morgan fingerprint density at radius 1 is 1.71 bits per heavy atom. The highest BCUT2D eigenvalue weighted by Crippen LogP contribution is 1.73. The zero-order valence-electron chi connectivity index (χ0n) is 3.79. The van der Waals surface area contributed by atoms with Crippen molar-refractivity contribution in [3.8, 4) is 0 Å². The van der Waals surface area contributed by atoms with E-state index in [4.69, 9.17) is 9.59 Å². The predicted octanol–water partition coefficient (Wildman–Crippen LogP) is -1.75. The van der Waals surface area contributed by atoms with Gasteiger partial charge in [0.2, 0.25) is 0 Å². The largest absolute Gasteiger partial charge is 0.545 e. The molecule has 0 aromatic heterocycles. The van der Waals surface area contributed by atoms with E-state index >= 15 is 0 Å². The van der Waals surface area contributed by atoms with Crippen LogP contribution in [0, 0.1) is 0 Å². The van der Waals surface area contributed by atoms with E-state index in [1.165, 1.54) is 0 Å². The lowest BCUT2D eigenvalue weighted by Gasteiger charge is -1.96. The Balaban J connectivity index is 3.13. The summed E-state index contributed by atoms with van der Waals surface area (Å²) in [6.07, 6.45) is 0. The van der Waals surface area contributed by atoms with E-state index in [1.807, 2.05) is 0 Å². The molecule has 0 aromatic rings. The highest BCUT2D eigenvalue weighted by Gasteiger charge is 2.03. The van der Waals surface area contributed by atoms with Crippen molar-refractivity contribution in [1.29, 1.82) is 0 Å².